The molecule has 5 heteroatoms. The zero-order chi connectivity index (χ0) is 12.0. The molecule has 0 saturated carbocycles. The Hall–Kier alpha value is -0.810. The predicted octanol–water partition coefficient (Wildman–Crippen LogP) is 0.574. The molecule has 1 heterocycles. The van der Waals surface area contributed by atoms with Crippen molar-refractivity contribution in [3.8, 4) is 0 Å². The van der Waals surface area contributed by atoms with Crippen molar-refractivity contribution in [1.29, 1.82) is 0 Å². The molecule has 1 aliphatic heterocycles. The van der Waals surface area contributed by atoms with Gasteiger partial charge in [-0.25, -0.2) is 10.8 Å². The lowest BCUT2D eigenvalue weighted by Crippen LogP contribution is -2.51. The van der Waals surface area contributed by atoms with E-state index in [9.17, 15) is 0 Å². The number of nitrogens with two attached hydrogens (primary N) is 1. The van der Waals surface area contributed by atoms with Gasteiger partial charge in [0.15, 0.2) is 0 Å². The zero-order valence-electron chi connectivity index (χ0n) is 10.6. The molecule has 3 N–H and O–H groups in total. The van der Waals surface area contributed by atoms with E-state index in [0.717, 1.165) is 19.0 Å². The van der Waals surface area contributed by atoms with Crippen LogP contribution in [0.3, 0.4) is 0 Å². The summed E-state index contributed by atoms with van der Waals surface area (Å²) in [5, 5.41) is 0. The molecule has 0 aromatic rings. The molecule has 94 valence electrons. The molecule has 1 saturated heterocycles. The molecule has 1 aliphatic rings. The van der Waals surface area contributed by atoms with Gasteiger partial charge in [0.2, 0.25) is 5.96 Å². The zero-order valence-corrected chi connectivity index (χ0v) is 10.6. The van der Waals surface area contributed by atoms with Crippen LogP contribution in [0, 0.1) is 5.41 Å². The molecule has 0 radical (unpaired) electrons. The van der Waals surface area contributed by atoms with Crippen molar-refractivity contribution in [3.05, 3.63) is 0 Å². The van der Waals surface area contributed by atoms with Gasteiger partial charge in [-0.05, 0) is 18.3 Å². The summed E-state index contributed by atoms with van der Waals surface area (Å²) >= 11 is 0. The number of nitrogens with one attached hydrogen (secondary N) is 1. The summed E-state index contributed by atoms with van der Waals surface area (Å²) in [4.78, 5) is 6.62. The maximum absolute atomic E-state index is 5.51. The molecule has 1 fully saturated rings. The van der Waals surface area contributed by atoms with Crippen molar-refractivity contribution in [2.75, 3.05) is 33.4 Å². The fourth-order valence-corrected chi connectivity index (χ4v) is 2.08. The molecule has 1 rings (SSSR count). The topological polar surface area (TPSA) is 62.9 Å². The number of ether oxygens (including phenoxy) is 1. The minimum absolute atomic E-state index is 0.344. The molecule has 0 unspecified atom stereocenters. The molecule has 0 atom stereocenters. The number of aliphatic imine (C=N–C) groups is 1. The molecule has 16 heavy (non-hydrogen) atoms. The van der Waals surface area contributed by atoms with Crippen LogP contribution in [0.1, 0.15) is 26.7 Å². The number of rotatable bonds is 3. The van der Waals surface area contributed by atoms with E-state index in [-0.39, 0.29) is 0 Å². The van der Waals surface area contributed by atoms with Crippen molar-refractivity contribution in [1.82, 2.24) is 10.3 Å². The van der Waals surface area contributed by atoms with Crippen molar-refractivity contribution >= 4 is 5.96 Å². The van der Waals surface area contributed by atoms with Crippen LogP contribution in [0.15, 0.2) is 4.99 Å². The Morgan fingerprint density at radius 1 is 1.56 bits per heavy atom. The van der Waals surface area contributed by atoms with Gasteiger partial charge < -0.3 is 9.64 Å². The monoisotopic (exact) mass is 228 g/mol. The van der Waals surface area contributed by atoms with Crippen molar-refractivity contribution < 1.29 is 4.74 Å². The third-order valence-corrected chi connectivity index (χ3v) is 2.89. The third kappa shape index (κ3) is 3.98. The molecule has 0 aromatic heterocycles. The van der Waals surface area contributed by atoms with Gasteiger partial charge in [-0.1, -0.05) is 13.8 Å². The Balaban J connectivity index is 2.55. The Labute approximate surface area is 98.0 Å². The number of hydrogen-bond donors (Lipinski definition) is 2. The Morgan fingerprint density at radius 3 is 2.88 bits per heavy atom. The lowest BCUT2D eigenvalue weighted by Gasteiger charge is -2.39. The quantitative estimate of drug-likeness (QED) is 0.244. The first-order valence-electron chi connectivity index (χ1n) is 5.84. The minimum Gasteiger partial charge on any atom is -0.383 e. The van der Waals surface area contributed by atoms with E-state index in [1.165, 1.54) is 12.8 Å². The van der Waals surface area contributed by atoms with E-state index < -0.39 is 0 Å². The average Bonchev–Trinajstić information content (AvgIpc) is 2.23. The second-order valence-electron chi connectivity index (χ2n) is 5.03. The number of methoxy groups -OCH3 is 1. The van der Waals surface area contributed by atoms with Gasteiger partial charge in [0.05, 0.1) is 13.2 Å². The molecule has 0 spiro atoms. The third-order valence-electron chi connectivity index (χ3n) is 2.89. The number of nitrogens with zero attached hydrogens (tertiary/aromatic N) is 2. The van der Waals surface area contributed by atoms with Gasteiger partial charge in [-0.3, -0.25) is 5.43 Å². The molecule has 0 aromatic carbocycles. The Morgan fingerprint density at radius 2 is 2.31 bits per heavy atom. The van der Waals surface area contributed by atoms with E-state index in [1.807, 2.05) is 0 Å². The molecule has 5 nitrogen and oxygen atoms in total. The van der Waals surface area contributed by atoms with Crippen molar-refractivity contribution in [2.45, 2.75) is 26.7 Å². The lowest BCUT2D eigenvalue weighted by molar-refractivity contribution is 0.173. The first-order valence-corrected chi connectivity index (χ1v) is 5.84. The van der Waals surface area contributed by atoms with E-state index in [1.54, 1.807) is 7.11 Å². The number of hydrazine groups is 1. The molecule has 0 bridgehead atoms. The Bertz CT molecular complexity index is 240. The standard InChI is InChI=1S/C11H24N4O/c1-11(2)5-4-7-15(9-11)10(14-12)13-6-8-16-3/h4-9,12H2,1-3H3,(H,13,14). The smallest absolute Gasteiger partial charge is 0.208 e. The van der Waals surface area contributed by atoms with Gasteiger partial charge in [0.25, 0.3) is 0 Å². The van der Waals surface area contributed by atoms with Gasteiger partial charge in [-0.15, -0.1) is 0 Å². The van der Waals surface area contributed by atoms with E-state index in [4.69, 9.17) is 10.6 Å². The summed E-state index contributed by atoms with van der Waals surface area (Å²) in [7, 11) is 1.68. The first-order chi connectivity index (χ1) is 7.59. The second kappa shape index (κ2) is 6.06. The van der Waals surface area contributed by atoms with Crippen LogP contribution in [-0.4, -0.2) is 44.2 Å². The van der Waals surface area contributed by atoms with Crippen LogP contribution in [-0.2, 0) is 4.74 Å². The number of hydrogen-bond acceptors (Lipinski definition) is 3. The van der Waals surface area contributed by atoms with Crippen LogP contribution in [0.5, 0.6) is 0 Å². The normalized spacial score (nSPS) is 21.0. The highest BCUT2D eigenvalue weighted by molar-refractivity contribution is 5.79. The van der Waals surface area contributed by atoms with E-state index >= 15 is 0 Å². The Kier molecular flexibility index (Phi) is 5.02. The summed E-state index contributed by atoms with van der Waals surface area (Å²) in [5.74, 6) is 6.29. The number of likely N-dealkylation sites (tertiary alicyclic amines) is 1. The fraction of sp³-hybridized carbons (Fsp3) is 0.909. The summed E-state index contributed by atoms with van der Waals surface area (Å²) in [6, 6.07) is 0. The summed E-state index contributed by atoms with van der Waals surface area (Å²) in [6.45, 7) is 7.86. The number of piperidine rings is 1. The van der Waals surface area contributed by atoms with Crippen LogP contribution in [0.4, 0.5) is 0 Å². The summed E-state index contributed by atoms with van der Waals surface area (Å²) in [6.07, 6.45) is 2.46. The average molecular weight is 228 g/mol. The van der Waals surface area contributed by atoms with Gasteiger partial charge in [0, 0.05) is 20.2 Å². The van der Waals surface area contributed by atoms with E-state index in [0.29, 0.717) is 18.6 Å². The van der Waals surface area contributed by atoms with Crippen molar-refractivity contribution in [3.63, 3.8) is 0 Å². The summed E-state index contributed by atoms with van der Waals surface area (Å²) in [5.41, 5.74) is 3.03. The SMILES string of the molecule is COCCN=C(NN)N1CCCC(C)(C)C1. The van der Waals surface area contributed by atoms with E-state index in [2.05, 4.69) is 29.2 Å². The van der Waals surface area contributed by atoms with Crippen LogP contribution >= 0.6 is 0 Å². The van der Waals surface area contributed by atoms with Crippen molar-refractivity contribution in [2.24, 2.45) is 16.3 Å². The first kappa shape index (κ1) is 13.3. The molecular formula is C11H24N4O. The summed E-state index contributed by atoms with van der Waals surface area (Å²) < 4.78 is 4.97. The molecule has 0 aliphatic carbocycles. The maximum atomic E-state index is 5.51. The van der Waals surface area contributed by atoms with Crippen LogP contribution < -0.4 is 11.3 Å². The van der Waals surface area contributed by atoms with Crippen LogP contribution in [0.2, 0.25) is 0 Å². The predicted molar refractivity (Wildman–Crippen MR) is 66.1 cm³/mol. The van der Waals surface area contributed by atoms with Gasteiger partial charge in [0.1, 0.15) is 0 Å². The number of guanidine groups is 1. The second-order valence-corrected chi connectivity index (χ2v) is 5.03. The lowest BCUT2D eigenvalue weighted by atomic mass is 9.84. The largest absolute Gasteiger partial charge is 0.383 e. The molecular weight excluding hydrogens is 204 g/mol. The van der Waals surface area contributed by atoms with Crippen LogP contribution in [0.25, 0.3) is 0 Å². The highest BCUT2D eigenvalue weighted by atomic mass is 16.5. The minimum atomic E-state index is 0.344. The highest BCUT2D eigenvalue weighted by Crippen LogP contribution is 2.28. The highest BCUT2D eigenvalue weighted by Gasteiger charge is 2.27. The van der Waals surface area contributed by atoms with Gasteiger partial charge >= 0.3 is 0 Å². The van der Waals surface area contributed by atoms with Gasteiger partial charge in [-0.2, -0.15) is 0 Å². The fourth-order valence-electron chi connectivity index (χ4n) is 2.08. The maximum Gasteiger partial charge on any atom is 0.208 e. The molecule has 0 amide bonds.